The number of hydrogen-bond donors (Lipinski definition) is 1. The molecule has 0 fully saturated rings. The van der Waals surface area contributed by atoms with Gasteiger partial charge >= 0.3 is 0 Å². The Hall–Kier alpha value is -2.62. The smallest absolute Gasteiger partial charge is 0.252 e. The van der Waals surface area contributed by atoms with E-state index in [1.165, 1.54) is 7.11 Å². The number of amides is 1. The number of aldehydes is 1. The molecule has 0 atom stereocenters. The SMILES string of the molecule is COc1c(C(N)=O)cccc1-c1ccc(C=O)cc1. The molecule has 0 unspecified atom stereocenters. The number of hydrogen-bond acceptors (Lipinski definition) is 3. The van der Waals surface area contributed by atoms with Crippen LogP contribution in [0.15, 0.2) is 42.5 Å². The van der Waals surface area contributed by atoms with E-state index in [2.05, 4.69) is 0 Å². The molecule has 0 saturated carbocycles. The average molecular weight is 255 g/mol. The molecule has 4 nitrogen and oxygen atoms in total. The summed E-state index contributed by atoms with van der Waals surface area (Å²) < 4.78 is 5.28. The molecule has 0 saturated heterocycles. The molecule has 96 valence electrons. The van der Waals surface area contributed by atoms with E-state index in [1.807, 2.05) is 6.07 Å². The minimum absolute atomic E-state index is 0.333. The molecule has 0 bridgehead atoms. The van der Waals surface area contributed by atoms with Gasteiger partial charge in [-0.15, -0.1) is 0 Å². The van der Waals surface area contributed by atoms with Gasteiger partial charge in [0.1, 0.15) is 12.0 Å². The lowest BCUT2D eigenvalue weighted by Gasteiger charge is -2.11. The Labute approximate surface area is 110 Å². The van der Waals surface area contributed by atoms with Crippen LogP contribution in [0, 0.1) is 0 Å². The predicted octanol–water partition coefficient (Wildman–Crippen LogP) is 2.27. The van der Waals surface area contributed by atoms with Crippen molar-refractivity contribution in [3.63, 3.8) is 0 Å². The van der Waals surface area contributed by atoms with E-state index < -0.39 is 5.91 Å². The summed E-state index contributed by atoms with van der Waals surface area (Å²) in [5.74, 6) is -0.0999. The summed E-state index contributed by atoms with van der Waals surface area (Å²) in [7, 11) is 1.49. The summed E-state index contributed by atoms with van der Waals surface area (Å²) in [5, 5.41) is 0. The van der Waals surface area contributed by atoms with Gasteiger partial charge in [-0.2, -0.15) is 0 Å². The van der Waals surface area contributed by atoms with Gasteiger partial charge in [0.2, 0.25) is 0 Å². The van der Waals surface area contributed by atoms with E-state index >= 15 is 0 Å². The van der Waals surface area contributed by atoms with Gasteiger partial charge < -0.3 is 10.5 Å². The topological polar surface area (TPSA) is 69.4 Å². The van der Waals surface area contributed by atoms with Crippen LogP contribution in [0.5, 0.6) is 5.75 Å². The zero-order chi connectivity index (χ0) is 13.8. The second kappa shape index (κ2) is 5.35. The first-order valence-corrected chi connectivity index (χ1v) is 5.69. The zero-order valence-corrected chi connectivity index (χ0v) is 10.4. The first-order valence-electron chi connectivity index (χ1n) is 5.69. The van der Waals surface area contributed by atoms with Crippen LogP contribution >= 0.6 is 0 Å². The molecule has 4 heteroatoms. The summed E-state index contributed by atoms with van der Waals surface area (Å²) >= 11 is 0. The van der Waals surface area contributed by atoms with E-state index in [0.717, 1.165) is 17.4 Å². The fourth-order valence-corrected chi connectivity index (χ4v) is 1.92. The molecule has 0 heterocycles. The maximum Gasteiger partial charge on any atom is 0.252 e. The van der Waals surface area contributed by atoms with Crippen LogP contribution in [0.1, 0.15) is 20.7 Å². The Morgan fingerprint density at radius 1 is 1.16 bits per heavy atom. The van der Waals surface area contributed by atoms with Gasteiger partial charge in [0, 0.05) is 11.1 Å². The first-order chi connectivity index (χ1) is 9.17. The van der Waals surface area contributed by atoms with Gasteiger partial charge in [0.25, 0.3) is 5.91 Å². The molecule has 19 heavy (non-hydrogen) atoms. The van der Waals surface area contributed by atoms with Crippen LogP contribution < -0.4 is 10.5 Å². The van der Waals surface area contributed by atoms with E-state index in [1.54, 1.807) is 36.4 Å². The molecule has 0 spiro atoms. The second-order valence-corrected chi connectivity index (χ2v) is 3.99. The van der Waals surface area contributed by atoms with Crippen LogP contribution in [0.25, 0.3) is 11.1 Å². The lowest BCUT2D eigenvalue weighted by atomic mass is 10.00. The predicted molar refractivity (Wildman–Crippen MR) is 72.3 cm³/mol. The Morgan fingerprint density at radius 3 is 2.37 bits per heavy atom. The van der Waals surface area contributed by atoms with Crippen molar-refractivity contribution in [1.29, 1.82) is 0 Å². The molecule has 2 aromatic carbocycles. The standard InChI is InChI=1S/C15H13NO3/c1-19-14-12(3-2-4-13(14)15(16)18)11-7-5-10(9-17)6-8-11/h2-9H,1H3,(H2,16,18). The highest BCUT2D eigenvalue weighted by molar-refractivity contribution is 5.98. The van der Waals surface area contributed by atoms with Crippen molar-refractivity contribution in [1.82, 2.24) is 0 Å². The minimum atomic E-state index is -0.539. The van der Waals surface area contributed by atoms with Crippen molar-refractivity contribution >= 4 is 12.2 Å². The van der Waals surface area contributed by atoms with Crippen molar-refractivity contribution in [2.45, 2.75) is 0 Å². The molecule has 0 aliphatic carbocycles. The number of carbonyl (C=O) groups is 2. The Bertz CT molecular complexity index is 618. The van der Waals surface area contributed by atoms with Gasteiger partial charge in [0.15, 0.2) is 0 Å². The highest BCUT2D eigenvalue weighted by Gasteiger charge is 2.14. The number of methoxy groups -OCH3 is 1. The largest absolute Gasteiger partial charge is 0.495 e. The van der Waals surface area contributed by atoms with E-state index in [-0.39, 0.29) is 0 Å². The van der Waals surface area contributed by atoms with E-state index in [0.29, 0.717) is 16.9 Å². The molecule has 0 aliphatic heterocycles. The van der Waals surface area contributed by atoms with E-state index in [4.69, 9.17) is 10.5 Å². The third-order valence-corrected chi connectivity index (χ3v) is 2.84. The Balaban J connectivity index is 2.57. The fourth-order valence-electron chi connectivity index (χ4n) is 1.92. The first kappa shape index (κ1) is 12.8. The van der Waals surface area contributed by atoms with Crippen molar-refractivity contribution in [2.75, 3.05) is 7.11 Å². The van der Waals surface area contributed by atoms with Crippen LogP contribution in [0.3, 0.4) is 0 Å². The highest BCUT2D eigenvalue weighted by atomic mass is 16.5. The maximum absolute atomic E-state index is 11.4. The van der Waals surface area contributed by atoms with Gasteiger partial charge in [-0.05, 0) is 11.6 Å². The molecular formula is C15H13NO3. The molecular weight excluding hydrogens is 242 g/mol. The number of carbonyl (C=O) groups excluding carboxylic acids is 2. The molecule has 2 aromatic rings. The normalized spacial score (nSPS) is 9.95. The minimum Gasteiger partial charge on any atom is -0.495 e. The van der Waals surface area contributed by atoms with Gasteiger partial charge in [-0.1, -0.05) is 36.4 Å². The fraction of sp³-hybridized carbons (Fsp3) is 0.0667. The van der Waals surface area contributed by atoms with E-state index in [9.17, 15) is 9.59 Å². The molecule has 2 rings (SSSR count). The van der Waals surface area contributed by atoms with Crippen LogP contribution in [0.4, 0.5) is 0 Å². The molecule has 1 amide bonds. The number of nitrogens with two attached hydrogens (primary N) is 1. The summed E-state index contributed by atoms with van der Waals surface area (Å²) in [6.07, 6.45) is 0.779. The van der Waals surface area contributed by atoms with Crippen LogP contribution in [0.2, 0.25) is 0 Å². The summed E-state index contributed by atoms with van der Waals surface area (Å²) in [5.41, 5.74) is 7.85. The summed E-state index contributed by atoms with van der Waals surface area (Å²) in [6, 6.07) is 12.2. The van der Waals surface area contributed by atoms with Crippen LogP contribution in [-0.4, -0.2) is 19.3 Å². The third-order valence-electron chi connectivity index (χ3n) is 2.84. The van der Waals surface area contributed by atoms with Gasteiger partial charge in [0.05, 0.1) is 12.7 Å². The molecule has 2 N–H and O–H groups in total. The Morgan fingerprint density at radius 2 is 1.84 bits per heavy atom. The van der Waals surface area contributed by atoms with Crippen molar-refractivity contribution < 1.29 is 14.3 Å². The molecule has 0 aromatic heterocycles. The zero-order valence-electron chi connectivity index (χ0n) is 10.4. The average Bonchev–Trinajstić information content (AvgIpc) is 2.46. The number of rotatable bonds is 4. The second-order valence-electron chi connectivity index (χ2n) is 3.99. The highest BCUT2D eigenvalue weighted by Crippen LogP contribution is 2.32. The quantitative estimate of drug-likeness (QED) is 0.852. The maximum atomic E-state index is 11.4. The van der Waals surface area contributed by atoms with Crippen LogP contribution in [-0.2, 0) is 0 Å². The molecule has 0 aliphatic rings. The number of ether oxygens (including phenoxy) is 1. The number of para-hydroxylation sites is 1. The van der Waals surface area contributed by atoms with Gasteiger partial charge in [-0.25, -0.2) is 0 Å². The number of benzene rings is 2. The monoisotopic (exact) mass is 255 g/mol. The summed E-state index contributed by atoms with van der Waals surface area (Å²) in [6.45, 7) is 0. The lowest BCUT2D eigenvalue weighted by molar-refractivity contribution is 0.0997. The third kappa shape index (κ3) is 2.47. The molecule has 0 radical (unpaired) electrons. The van der Waals surface area contributed by atoms with Crippen molar-refractivity contribution in [3.05, 3.63) is 53.6 Å². The Kier molecular flexibility index (Phi) is 3.61. The van der Waals surface area contributed by atoms with Gasteiger partial charge in [-0.3, -0.25) is 9.59 Å². The number of primary amides is 1. The summed E-state index contributed by atoms with van der Waals surface area (Å²) in [4.78, 5) is 22.0. The van der Waals surface area contributed by atoms with Crippen molar-refractivity contribution in [3.8, 4) is 16.9 Å². The van der Waals surface area contributed by atoms with Crippen molar-refractivity contribution in [2.24, 2.45) is 5.73 Å². The lowest BCUT2D eigenvalue weighted by Crippen LogP contribution is -2.12.